The van der Waals surface area contributed by atoms with Gasteiger partial charge in [-0.15, -0.1) is 0 Å². The van der Waals surface area contributed by atoms with Crippen LogP contribution in [0.4, 0.5) is 8.78 Å². The fraction of sp³-hybridized carbons (Fsp3) is 0.333. The van der Waals surface area contributed by atoms with Crippen molar-refractivity contribution < 1.29 is 13.9 Å². The SMILES string of the molecule is C[C@@](N)(CO)c1ccc(F)c(F)c1. The molecule has 0 heterocycles. The van der Waals surface area contributed by atoms with Gasteiger partial charge in [0.25, 0.3) is 0 Å². The number of nitrogens with two attached hydrogens (primary N) is 1. The Morgan fingerprint density at radius 2 is 2.00 bits per heavy atom. The van der Waals surface area contributed by atoms with Gasteiger partial charge in [0.05, 0.1) is 12.1 Å². The van der Waals surface area contributed by atoms with E-state index in [0.29, 0.717) is 5.56 Å². The molecule has 1 rings (SSSR count). The van der Waals surface area contributed by atoms with Crippen LogP contribution in [0.5, 0.6) is 0 Å². The molecule has 72 valence electrons. The first-order valence-electron chi connectivity index (χ1n) is 3.82. The van der Waals surface area contributed by atoms with Crippen molar-refractivity contribution in [3.8, 4) is 0 Å². The summed E-state index contributed by atoms with van der Waals surface area (Å²) in [5.74, 6) is -1.87. The molecule has 0 unspecified atom stereocenters. The second-order valence-electron chi connectivity index (χ2n) is 3.20. The van der Waals surface area contributed by atoms with Crippen molar-refractivity contribution in [3.63, 3.8) is 0 Å². The number of hydrogen-bond donors (Lipinski definition) is 2. The Labute approximate surface area is 75.0 Å². The van der Waals surface area contributed by atoms with Crippen molar-refractivity contribution in [1.82, 2.24) is 0 Å². The zero-order chi connectivity index (χ0) is 10.1. The van der Waals surface area contributed by atoms with Gasteiger partial charge in [-0.25, -0.2) is 8.78 Å². The quantitative estimate of drug-likeness (QED) is 0.729. The molecular formula is C9H11F2NO. The first-order chi connectivity index (χ1) is 5.97. The van der Waals surface area contributed by atoms with Gasteiger partial charge in [0.15, 0.2) is 11.6 Å². The maximum Gasteiger partial charge on any atom is 0.159 e. The highest BCUT2D eigenvalue weighted by molar-refractivity contribution is 5.24. The zero-order valence-corrected chi connectivity index (χ0v) is 7.22. The van der Waals surface area contributed by atoms with Crippen LogP contribution in [0.2, 0.25) is 0 Å². The topological polar surface area (TPSA) is 46.2 Å². The summed E-state index contributed by atoms with van der Waals surface area (Å²) in [6, 6.07) is 3.34. The van der Waals surface area contributed by atoms with E-state index in [2.05, 4.69) is 0 Å². The minimum atomic E-state index is -1.03. The molecule has 4 heteroatoms. The van der Waals surface area contributed by atoms with E-state index < -0.39 is 17.2 Å². The molecule has 0 amide bonds. The molecule has 0 aliphatic rings. The summed E-state index contributed by atoms with van der Waals surface area (Å²) in [6.45, 7) is 1.22. The highest BCUT2D eigenvalue weighted by Crippen LogP contribution is 2.19. The molecule has 1 atom stereocenters. The van der Waals surface area contributed by atoms with Crippen LogP contribution in [0.1, 0.15) is 12.5 Å². The first-order valence-corrected chi connectivity index (χ1v) is 3.82. The van der Waals surface area contributed by atoms with Gasteiger partial charge in [-0.05, 0) is 24.6 Å². The summed E-state index contributed by atoms with van der Waals surface area (Å²) in [6.07, 6.45) is 0. The van der Waals surface area contributed by atoms with Crippen LogP contribution in [-0.4, -0.2) is 11.7 Å². The maximum atomic E-state index is 12.7. The average Bonchev–Trinajstić information content (AvgIpc) is 2.09. The molecule has 0 fully saturated rings. The summed E-state index contributed by atoms with van der Waals surface area (Å²) in [7, 11) is 0. The lowest BCUT2D eigenvalue weighted by Crippen LogP contribution is -2.37. The van der Waals surface area contributed by atoms with Crippen molar-refractivity contribution in [1.29, 1.82) is 0 Å². The number of rotatable bonds is 2. The lowest BCUT2D eigenvalue weighted by Gasteiger charge is -2.22. The Hall–Kier alpha value is -1.00. The highest BCUT2D eigenvalue weighted by Gasteiger charge is 2.21. The Bertz CT molecular complexity index is 312. The van der Waals surface area contributed by atoms with Crippen LogP contribution in [0.25, 0.3) is 0 Å². The summed E-state index contributed by atoms with van der Waals surface area (Å²) in [5.41, 5.74) is 4.95. The van der Waals surface area contributed by atoms with Gasteiger partial charge in [0, 0.05) is 0 Å². The molecule has 13 heavy (non-hydrogen) atoms. The van der Waals surface area contributed by atoms with Crippen molar-refractivity contribution in [2.45, 2.75) is 12.5 Å². The van der Waals surface area contributed by atoms with Crippen molar-refractivity contribution >= 4 is 0 Å². The van der Waals surface area contributed by atoms with Gasteiger partial charge in [-0.2, -0.15) is 0 Å². The zero-order valence-electron chi connectivity index (χ0n) is 7.22. The number of aliphatic hydroxyl groups excluding tert-OH is 1. The minimum absolute atomic E-state index is 0.321. The van der Waals surface area contributed by atoms with Gasteiger partial charge in [-0.3, -0.25) is 0 Å². The predicted molar refractivity (Wildman–Crippen MR) is 45.0 cm³/mol. The largest absolute Gasteiger partial charge is 0.394 e. The molecule has 1 aromatic carbocycles. The molecule has 0 aromatic heterocycles. The van der Waals surface area contributed by atoms with Gasteiger partial charge >= 0.3 is 0 Å². The Morgan fingerprint density at radius 3 is 2.46 bits per heavy atom. The standard InChI is InChI=1S/C9H11F2NO/c1-9(12,5-13)6-2-3-7(10)8(11)4-6/h2-4,13H,5,12H2,1H3/t9-/m1/s1. The Kier molecular flexibility index (Phi) is 2.63. The third-order valence-corrected chi connectivity index (χ3v) is 1.91. The van der Waals surface area contributed by atoms with E-state index in [1.807, 2.05) is 0 Å². The predicted octanol–water partition coefficient (Wildman–Crippen LogP) is 1.13. The minimum Gasteiger partial charge on any atom is -0.394 e. The third-order valence-electron chi connectivity index (χ3n) is 1.91. The molecule has 0 aliphatic carbocycles. The summed E-state index contributed by atoms with van der Waals surface area (Å²) >= 11 is 0. The lowest BCUT2D eigenvalue weighted by molar-refractivity contribution is 0.209. The van der Waals surface area contributed by atoms with Crippen LogP contribution in [0, 0.1) is 11.6 Å². The van der Waals surface area contributed by atoms with Crippen LogP contribution >= 0.6 is 0 Å². The average molecular weight is 187 g/mol. The molecular weight excluding hydrogens is 176 g/mol. The molecule has 0 saturated carbocycles. The van der Waals surface area contributed by atoms with Crippen LogP contribution in [0.15, 0.2) is 18.2 Å². The van der Waals surface area contributed by atoms with E-state index >= 15 is 0 Å². The number of benzene rings is 1. The molecule has 0 saturated heterocycles. The van der Waals surface area contributed by atoms with Crippen molar-refractivity contribution in [3.05, 3.63) is 35.4 Å². The third kappa shape index (κ3) is 2.02. The molecule has 0 bridgehead atoms. The van der Waals surface area contributed by atoms with E-state index in [-0.39, 0.29) is 6.61 Å². The number of hydrogen-bond acceptors (Lipinski definition) is 2. The van der Waals surface area contributed by atoms with Gasteiger partial charge < -0.3 is 10.8 Å². The van der Waals surface area contributed by atoms with Crippen LogP contribution in [0.3, 0.4) is 0 Å². The fourth-order valence-corrected chi connectivity index (χ4v) is 0.943. The van der Waals surface area contributed by atoms with E-state index in [1.54, 1.807) is 6.92 Å². The summed E-state index contributed by atoms with van der Waals surface area (Å²) in [4.78, 5) is 0. The molecule has 0 radical (unpaired) electrons. The normalized spacial score (nSPS) is 15.5. The molecule has 0 aliphatic heterocycles. The Balaban J connectivity index is 3.10. The van der Waals surface area contributed by atoms with Gasteiger partial charge in [0.2, 0.25) is 0 Å². The van der Waals surface area contributed by atoms with Crippen LogP contribution in [-0.2, 0) is 5.54 Å². The smallest absolute Gasteiger partial charge is 0.159 e. The second-order valence-corrected chi connectivity index (χ2v) is 3.20. The van der Waals surface area contributed by atoms with E-state index in [0.717, 1.165) is 12.1 Å². The lowest BCUT2D eigenvalue weighted by atomic mass is 9.94. The van der Waals surface area contributed by atoms with Crippen LogP contribution < -0.4 is 5.73 Å². The maximum absolute atomic E-state index is 12.7. The number of halogens is 2. The molecule has 3 N–H and O–H groups in total. The Morgan fingerprint density at radius 1 is 1.38 bits per heavy atom. The fourth-order valence-electron chi connectivity index (χ4n) is 0.943. The first kappa shape index (κ1) is 10.1. The van der Waals surface area contributed by atoms with E-state index in [9.17, 15) is 8.78 Å². The van der Waals surface area contributed by atoms with Crippen molar-refractivity contribution in [2.75, 3.05) is 6.61 Å². The number of aliphatic hydroxyl groups is 1. The monoisotopic (exact) mass is 187 g/mol. The van der Waals surface area contributed by atoms with Crippen molar-refractivity contribution in [2.24, 2.45) is 5.73 Å². The molecule has 2 nitrogen and oxygen atoms in total. The van der Waals surface area contributed by atoms with Gasteiger partial charge in [-0.1, -0.05) is 6.07 Å². The summed E-state index contributed by atoms with van der Waals surface area (Å²) in [5, 5.41) is 8.87. The van der Waals surface area contributed by atoms with E-state index in [4.69, 9.17) is 10.8 Å². The molecule has 0 spiro atoms. The van der Waals surface area contributed by atoms with E-state index in [1.165, 1.54) is 6.07 Å². The summed E-state index contributed by atoms with van der Waals surface area (Å²) < 4.78 is 25.2. The molecule has 1 aromatic rings. The second kappa shape index (κ2) is 3.40. The highest BCUT2D eigenvalue weighted by atomic mass is 19.2. The van der Waals surface area contributed by atoms with Gasteiger partial charge in [0.1, 0.15) is 0 Å².